The Morgan fingerprint density at radius 1 is 1.28 bits per heavy atom. The van der Waals surface area contributed by atoms with Crippen LogP contribution in [0.25, 0.3) is 11.5 Å². The van der Waals surface area contributed by atoms with Gasteiger partial charge in [0.05, 0.1) is 19.9 Å². The fraction of sp³-hybridized carbons (Fsp3) is 0.364. The molecule has 1 saturated heterocycles. The predicted octanol–water partition coefficient (Wildman–Crippen LogP) is 3.36. The SMILES string of the molecule is COc1cc(-c2ncc(F)c(N3CCCC(C)C3C(=O)O)n2)nn1Cc1ccccc1F. The molecule has 0 aliphatic carbocycles. The Labute approximate surface area is 183 Å². The molecule has 168 valence electrons. The van der Waals surface area contributed by atoms with Crippen LogP contribution < -0.4 is 9.64 Å². The number of nitrogens with zero attached hydrogens (tertiary/aromatic N) is 5. The highest BCUT2D eigenvalue weighted by molar-refractivity contribution is 5.78. The van der Waals surface area contributed by atoms with Crippen LogP contribution in [0.5, 0.6) is 5.88 Å². The molecule has 2 unspecified atom stereocenters. The second kappa shape index (κ2) is 8.89. The molecule has 2 atom stereocenters. The molecule has 0 saturated carbocycles. The van der Waals surface area contributed by atoms with Crippen LogP contribution in [0.2, 0.25) is 0 Å². The van der Waals surface area contributed by atoms with Gasteiger partial charge >= 0.3 is 5.97 Å². The van der Waals surface area contributed by atoms with Crippen molar-refractivity contribution in [1.29, 1.82) is 0 Å². The summed E-state index contributed by atoms with van der Waals surface area (Å²) in [4.78, 5) is 21.7. The second-order valence-electron chi connectivity index (χ2n) is 7.78. The molecule has 3 heterocycles. The van der Waals surface area contributed by atoms with Gasteiger partial charge in [-0.1, -0.05) is 25.1 Å². The van der Waals surface area contributed by atoms with Gasteiger partial charge in [-0.2, -0.15) is 5.10 Å². The highest BCUT2D eigenvalue weighted by Gasteiger charge is 2.36. The van der Waals surface area contributed by atoms with Crippen molar-refractivity contribution >= 4 is 11.8 Å². The first kappa shape index (κ1) is 21.7. The van der Waals surface area contributed by atoms with Crippen LogP contribution in [0.3, 0.4) is 0 Å². The number of methoxy groups -OCH3 is 1. The van der Waals surface area contributed by atoms with Crippen molar-refractivity contribution in [3.8, 4) is 17.4 Å². The normalized spacial score (nSPS) is 18.6. The summed E-state index contributed by atoms with van der Waals surface area (Å²) in [5.74, 6) is -1.84. The summed E-state index contributed by atoms with van der Waals surface area (Å²) in [6.45, 7) is 2.33. The van der Waals surface area contributed by atoms with Crippen LogP contribution in [0.15, 0.2) is 36.5 Å². The number of carboxylic acid groups (broad SMARTS) is 1. The number of hydrogen-bond acceptors (Lipinski definition) is 6. The molecule has 1 aromatic carbocycles. The third-order valence-electron chi connectivity index (χ3n) is 5.64. The molecule has 2 aromatic heterocycles. The third-order valence-corrected chi connectivity index (χ3v) is 5.64. The van der Waals surface area contributed by atoms with E-state index in [1.807, 2.05) is 6.92 Å². The topological polar surface area (TPSA) is 93.4 Å². The standard InChI is InChI=1S/C22H23F2N5O3/c1-13-6-5-9-28(19(13)22(30)31)21-16(24)11-25-20(26-21)17-10-18(32-2)29(27-17)12-14-7-3-4-8-15(14)23/h3-4,7-8,10-11,13,19H,5-6,9,12H2,1-2H3,(H,30,31). The molecule has 4 rings (SSSR count). The summed E-state index contributed by atoms with van der Waals surface area (Å²) in [5.41, 5.74) is 0.726. The van der Waals surface area contributed by atoms with Crippen molar-refractivity contribution in [2.75, 3.05) is 18.6 Å². The smallest absolute Gasteiger partial charge is 0.326 e. The van der Waals surface area contributed by atoms with Crippen molar-refractivity contribution in [1.82, 2.24) is 19.7 Å². The fourth-order valence-corrected chi connectivity index (χ4v) is 4.06. The van der Waals surface area contributed by atoms with Crippen LogP contribution in [0.1, 0.15) is 25.3 Å². The van der Waals surface area contributed by atoms with Gasteiger partial charge in [0.1, 0.15) is 17.6 Å². The molecule has 32 heavy (non-hydrogen) atoms. The summed E-state index contributed by atoms with van der Waals surface area (Å²) in [6, 6.07) is 7.03. The van der Waals surface area contributed by atoms with Crippen molar-refractivity contribution in [2.24, 2.45) is 5.92 Å². The van der Waals surface area contributed by atoms with Gasteiger partial charge in [0.15, 0.2) is 17.5 Å². The summed E-state index contributed by atoms with van der Waals surface area (Å²) in [5, 5.41) is 14.1. The first-order valence-electron chi connectivity index (χ1n) is 10.3. The van der Waals surface area contributed by atoms with E-state index in [9.17, 15) is 18.7 Å². The number of carbonyl (C=O) groups is 1. The Morgan fingerprint density at radius 3 is 2.78 bits per heavy atom. The van der Waals surface area contributed by atoms with E-state index in [4.69, 9.17) is 4.74 Å². The Bertz CT molecular complexity index is 1140. The Hall–Kier alpha value is -3.56. The Morgan fingerprint density at radius 2 is 2.06 bits per heavy atom. The van der Waals surface area contributed by atoms with Crippen LogP contribution >= 0.6 is 0 Å². The second-order valence-corrected chi connectivity index (χ2v) is 7.78. The first-order valence-corrected chi connectivity index (χ1v) is 10.3. The number of aromatic nitrogens is 4. The van der Waals surface area contributed by atoms with Gasteiger partial charge in [-0.05, 0) is 24.8 Å². The van der Waals surface area contributed by atoms with Gasteiger partial charge in [0.2, 0.25) is 5.88 Å². The van der Waals surface area contributed by atoms with Crippen molar-refractivity contribution in [3.05, 3.63) is 53.7 Å². The molecule has 0 radical (unpaired) electrons. The van der Waals surface area contributed by atoms with Crippen molar-refractivity contribution in [3.63, 3.8) is 0 Å². The number of piperidine rings is 1. The lowest BCUT2D eigenvalue weighted by molar-refractivity contribution is -0.140. The van der Waals surface area contributed by atoms with Crippen LogP contribution in [-0.2, 0) is 11.3 Å². The number of carboxylic acids is 1. The molecule has 0 bridgehead atoms. The molecule has 0 amide bonds. The molecular formula is C22H23F2N5O3. The maximum absolute atomic E-state index is 14.7. The number of aliphatic carboxylic acids is 1. The number of ether oxygens (including phenoxy) is 1. The largest absolute Gasteiger partial charge is 0.481 e. The molecule has 3 aromatic rings. The van der Waals surface area contributed by atoms with Gasteiger partial charge in [-0.15, -0.1) is 0 Å². The lowest BCUT2D eigenvalue weighted by Gasteiger charge is -2.38. The number of benzene rings is 1. The van der Waals surface area contributed by atoms with E-state index >= 15 is 0 Å². The van der Waals surface area contributed by atoms with E-state index in [0.717, 1.165) is 19.0 Å². The number of hydrogen-bond donors (Lipinski definition) is 1. The average molecular weight is 443 g/mol. The minimum absolute atomic E-state index is 0.0726. The highest BCUT2D eigenvalue weighted by atomic mass is 19.1. The molecule has 0 spiro atoms. The molecule has 1 N–H and O–H groups in total. The Balaban J connectivity index is 1.70. The van der Waals surface area contributed by atoms with Crippen LogP contribution in [0.4, 0.5) is 14.6 Å². The minimum Gasteiger partial charge on any atom is -0.481 e. The summed E-state index contributed by atoms with van der Waals surface area (Å²) in [7, 11) is 1.46. The fourth-order valence-electron chi connectivity index (χ4n) is 4.06. The third kappa shape index (κ3) is 4.12. The number of halogens is 2. The predicted molar refractivity (Wildman–Crippen MR) is 112 cm³/mol. The molecular weight excluding hydrogens is 420 g/mol. The van der Waals surface area contributed by atoms with E-state index in [0.29, 0.717) is 23.7 Å². The maximum Gasteiger partial charge on any atom is 0.326 e. The van der Waals surface area contributed by atoms with Gasteiger partial charge < -0.3 is 14.7 Å². The first-order chi connectivity index (χ1) is 15.4. The van der Waals surface area contributed by atoms with Crippen molar-refractivity contribution in [2.45, 2.75) is 32.4 Å². The van der Waals surface area contributed by atoms with E-state index in [1.165, 1.54) is 22.8 Å². The number of anilines is 1. The molecule has 1 aliphatic heterocycles. The zero-order valence-electron chi connectivity index (χ0n) is 17.7. The van der Waals surface area contributed by atoms with Gasteiger partial charge in [0.25, 0.3) is 0 Å². The summed E-state index contributed by atoms with van der Waals surface area (Å²) >= 11 is 0. The lowest BCUT2D eigenvalue weighted by Crippen LogP contribution is -2.50. The van der Waals surface area contributed by atoms with Gasteiger partial charge in [0, 0.05) is 18.2 Å². The van der Waals surface area contributed by atoms with Crippen molar-refractivity contribution < 1.29 is 23.4 Å². The zero-order chi connectivity index (χ0) is 22.8. The summed E-state index contributed by atoms with van der Waals surface area (Å²) < 4.78 is 35.6. The van der Waals surface area contributed by atoms with Crippen LogP contribution in [0, 0.1) is 17.6 Å². The molecule has 8 nitrogen and oxygen atoms in total. The van der Waals surface area contributed by atoms with E-state index in [-0.39, 0.29) is 29.9 Å². The van der Waals surface area contributed by atoms with E-state index in [2.05, 4.69) is 15.1 Å². The molecule has 10 heteroatoms. The molecule has 1 fully saturated rings. The van der Waals surface area contributed by atoms with E-state index in [1.54, 1.807) is 24.3 Å². The lowest BCUT2D eigenvalue weighted by atomic mass is 9.91. The Kier molecular flexibility index (Phi) is 6.02. The van der Waals surface area contributed by atoms with Gasteiger partial charge in [-0.25, -0.2) is 28.2 Å². The average Bonchev–Trinajstić information content (AvgIpc) is 3.18. The maximum atomic E-state index is 14.7. The van der Waals surface area contributed by atoms with Gasteiger partial charge in [-0.3, -0.25) is 0 Å². The quantitative estimate of drug-likeness (QED) is 0.624. The molecule has 1 aliphatic rings. The number of rotatable bonds is 6. The summed E-state index contributed by atoms with van der Waals surface area (Å²) in [6.07, 6.45) is 2.48. The van der Waals surface area contributed by atoms with Crippen LogP contribution in [-0.4, -0.2) is 50.5 Å². The zero-order valence-corrected chi connectivity index (χ0v) is 17.7. The monoisotopic (exact) mass is 443 g/mol. The minimum atomic E-state index is -1.02. The van der Waals surface area contributed by atoms with E-state index < -0.39 is 17.8 Å². The highest BCUT2D eigenvalue weighted by Crippen LogP contribution is 2.31.